The molecule has 4 rings (SSSR count). The van der Waals surface area contributed by atoms with E-state index in [2.05, 4.69) is 45.0 Å². The molecule has 2 aliphatic rings. The topological polar surface area (TPSA) is 38.8 Å². The molecule has 1 saturated heterocycles. The lowest BCUT2D eigenvalue weighted by molar-refractivity contribution is 0.0760. The molecule has 2 aromatic carbocycles. The Balaban J connectivity index is 1.57. The molecule has 1 fully saturated rings. The Labute approximate surface area is 158 Å². The Hall–Kier alpha value is -2.14. The molecule has 4 nitrogen and oxygen atoms in total. The van der Waals surface area contributed by atoms with Crippen molar-refractivity contribution in [3.63, 3.8) is 0 Å². The third kappa shape index (κ3) is 3.16. The van der Waals surface area contributed by atoms with Crippen LogP contribution in [-0.4, -0.2) is 29.9 Å². The van der Waals surface area contributed by atoms with E-state index < -0.39 is 0 Å². The molecule has 0 radical (unpaired) electrons. The zero-order chi connectivity index (χ0) is 18.3. The zero-order valence-corrected chi connectivity index (χ0v) is 16.1. The van der Waals surface area contributed by atoms with Crippen LogP contribution in [0.1, 0.15) is 47.6 Å². The van der Waals surface area contributed by atoms with Gasteiger partial charge in [0.25, 0.3) is 5.91 Å². The van der Waals surface area contributed by atoms with Gasteiger partial charge in [0.2, 0.25) is 6.79 Å². The summed E-state index contributed by atoms with van der Waals surface area (Å²) in [6, 6.07) is 14.1. The van der Waals surface area contributed by atoms with Gasteiger partial charge in [-0.25, -0.2) is 0 Å². The highest BCUT2D eigenvalue weighted by molar-refractivity contribution is 7.99. The Morgan fingerprint density at radius 3 is 2.54 bits per heavy atom. The number of rotatable bonds is 2. The van der Waals surface area contributed by atoms with Crippen LogP contribution in [0.2, 0.25) is 0 Å². The van der Waals surface area contributed by atoms with E-state index in [0.717, 1.165) is 12.3 Å². The number of hydrogen-bond donors (Lipinski definition) is 0. The summed E-state index contributed by atoms with van der Waals surface area (Å²) in [7, 11) is 0. The monoisotopic (exact) mass is 369 g/mol. The number of benzene rings is 2. The highest BCUT2D eigenvalue weighted by Gasteiger charge is 2.32. The molecule has 26 heavy (non-hydrogen) atoms. The number of nitrogens with zero attached hydrogens (tertiary/aromatic N) is 1. The summed E-state index contributed by atoms with van der Waals surface area (Å²) in [6.07, 6.45) is 0. The van der Waals surface area contributed by atoms with E-state index in [4.69, 9.17) is 9.47 Å². The highest BCUT2D eigenvalue weighted by atomic mass is 32.2. The Kier molecular flexibility index (Phi) is 4.35. The highest BCUT2D eigenvalue weighted by Crippen LogP contribution is 2.40. The minimum atomic E-state index is 0.0400. The SMILES string of the molecule is CC(C)(C)c1ccc([C@H]2SCCN2C(=O)c2ccc3c(c2)OCO3)cc1. The molecule has 2 heterocycles. The van der Waals surface area contributed by atoms with Gasteiger partial charge in [0.05, 0.1) is 0 Å². The molecule has 0 bridgehead atoms. The molecule has 136 valence electrons. The Morgan fingerprint density at radius 2 is 1.81 bits per heavy atom. The lowest BCUT2D eigenvalue weighted by Gasteiger charge is -2.25. The molecule has 0 N–H and O–H groups in total. The van der Waals surface area contributed by atoms with Gasteiger partial charge in [-0.05, 0) is 34.7 Å². The van der Waals surface area contributed by atoms with E-state index in [-0.39, 0.29) is 23.5 Å². The number of hydrogen-bond acceptors (Lipinski definition) is 4. The summed E-state index contributed by atoms with van der Waals surface area (Å²) in [4.78, 5) is 15.0. The molecule has 2 aliphatic heterocycles. The van der Waals surface area contributed by atoms with Gasteiger partial charge >= 0.3 is 0 Å². The number of thioether (sulfide) groups is 1. The third-order valence-corrected chi connectivity index (χ3v) is 6.09. The molecule has 0 spiro atoms. The second kappa shape index (κ2) is 6.54. The minimum absolute atomic E-state index is 0.0400. The first-order chi connectivity index (χ1) is 12.4. The summed E-state index contributed by atoms with van der Waals surface area (Å²) >= 11 is 1.81. The van der Waals surface area contributed by atoms with Crippen LogP contribution in [0.25, 0.3) is 0 Å². The number of ether oxygens (including phenoxy) is 2. The predicted molar refractivity (Wildman–Crippen MR) is 104 cm³/mol. The van der Waals surface area contributed by atoms with Crippen molar-refractivity contribution in [1.82, 2.24) is 4.90 Å². The van der Waals surface area contributed by atoms with Gasteiger partial charge in [0.1, 0.15) is 5.37 Å². The lowest BCUT2D eigenvalue weighted by atomic mass is 9.86. The largest absolute Gasteiger partial charge is 0.454 e. The molecule has 1 atom stereocenters. The van der Waals surface area contributed by atoms with Crippen LogP contribution in [0, 0.1) is 0 Å². The molecule has 0 saturated carbocycles. The number of carbonyl (C=O) groups is 1. The zero-order valence-electron chi connectivity index (χ0n) is 15.3. The van der Waals surface area contributed by atoms with E-state index in [0.29, 0.717) is 17.1 Å². The van der Waals surface area contributed by atoms with Crippen LogP contribution >= 0.6 is 11.8 Å². The van der Waals surface area contributed by atoms with Crippen molar-refractivity contribution in [2.24, 2.45) is 0 Å². The van der Waals surface area contributed by atoms with Crippen molar-refractivity contribution < 1.29 is 14.3 Å². The first kappa shape index (κ1) is 17.3. The Bertz CT molecular complexity index is 826. The van der Waals surface area contributed by atoms with Crippen LogP contribution in [0.15, 0.2) is 42.5 Å². The third-order valence-electron chi connectivity index (χ3n) is 4.83. The van der Waals surface area contributed by atoms with Gasteiger partial charge in [-0.15, -0.1) is 11.8 Å². The summed E-state index contributed by atoms with van der Waals surface area (Å²) in [5.41, 5.74) is 3.25. The van der Waals surface area contributed by atoms with Crippen molar-refractivity contribution >= 4 is 17.7 Å². The molecular formula is C21H23NO3S. The lowest BCUT2D eigenvalue weighted by Crippen LogP contribution is -2.30. The fraction of sp³-hybridized carbons (Fsp3) is 0.381. The van der Waals surface area contributed by atoms with E-state index >= 15 is 0 Å². The fourth-order valence-electron chi connectivity index (χ4n) is 3.30. The van der Waals surface area contributed by atoms with Gasteiger partial charge in [-0.3, -0.25) is 4.79 Å². The fourth-order valence-corrected chi connectivity index (χ4v) is 4.55. The quantitative estimate of drug-likeness (QED) is 0.775. The molecule has 5 heteroatoms. The molecule has 0 aliphatic carbocycles. The van der Waals surface area contributed by atoms with Crippen molar-refractivity contribution in [1.29, 1.82) is 0 Å². The van der Waals surface area contributed by atoms with Crippen molar-refractivity contribution in [2.75, 3.05) is 19.1 Å². The summed E-state index contributed by atoms with van der Waals surface area (Å²) in [5, 5.41) is 0.0574. The maximum absolute atomic E-state index is 13.1. The van der Waals surface area contributed by atoms with Gasteiger partial charge in [-0.1, -0.05) is 45.0 Å². The molecule has 0 aromatic heterocycles. The van der Waals surface area contributed by atoms with E-state index in [9.17, 15) is 4.79 Å². The number of carbonyl (C=O) groups excluding carboxylic acids is 1. The maximum Gasteiger partial charge on any atom is 0.255 e. The summed E-state index contributed by atoms with van der Waals surface area (Å²) in [5.74, 6) is 2.33. The number of amides is 1. The standard InChI is InChI=1S/C21H23NO3S/c1-21(2,3)16-7-4-14(5-8-16)20-22(10-11-26-20)19(23)15-6-9-17-18(12-15)25-13-24-17/h4-9,12,20H,10-11,13H2,1-3H3/t20-/m1/s1. The average molecular weight is 369 g/mol. The second-order valence-electron chi connectivity index (χ2n) is 7.66. The van der Waals surface area contributed by atoms with Crippen molar-refractivity contribution in [2.45, 2.75) is 31.6 Å². The van der Waals surface area contributed by atoms with Gasteiger partial charge in [0, 0.05) is 17.9 Å². The smallest absolute Gasteiger partial charge is 0.255 e. The normalized spacial score (nSPS) is 19.0. The van der Waals surface area contributed by atoms with Gasteiger partial charge in [-0.2, -0.15) is 0 Å². The molecule has 0 unspecified atom stereocenters. The van der Waals surface area contributed by atoms with Crippen LogP contribution in [0.3, 0.4) is 0 Å². The predicted octanol–water partition coefficient (Wildman–Crippen LogP) is 4.60. The van der Waals surface area contributed by atoms with Gasteiger partial charge < -0.3 is 14.4 Å². The van der Waals surface area contributed by atoms with Crippen molar-refractivity contribution in [3.8, 4) is 11.5 Å². The Morgan fingerprint density at radius 1 is 1.08 bits per heavy atom. The molecular weight excluding hydrogens is 346 g/mol. The summed E-state index contributed by atoms with van der Waals surface area (Å²) < 4.78 is 10.7. The number of fused-ring (bicyclic) bond motifs is 1. The van der Waals surface area contributed by atoms with Crippen LogP contribution < -0.4 is 9.47 Å². The molecule has 1 amide bonds. The molecule has 2 aromatic rings. The van der Waals surface area contributed by atoms with E-state index in [1.165, 1.54) is 11.1 Å². The first-order valence-corrected chi connectivity index (χ1v) is 9.91. The maximum atomic E-state index is 13.1. The van der Waals surface area contributed by atoms with E-state index in [1.54, 1.807) is 6.07 Å². The van der Waals surface area contributed by atoms with Crippen LogP contribution in [-0.2, 0) is 5.41 Å². The average Bonchev–Trinajstić information content (AvgIpc) is 3.29. The van der Waals surface area contributed by atoms with Crippen molar-refractivity contribution in [3.05, 3.63) is 59.2 Å². The minimum Gasteiger partial charge on any atom is -0.454 e. The van der Waals surface area contributed by atoms with E-state index in [1.807, 2.05) is 28.8 Å². The van der Waals surface area contributed by atoms with Crippen LogP contribution in [0.4, 0.5) is 0 Å². The second-order valence-corrected chi connectivity index (χ2v) is 8.85. The van der Waals surface area contributed by atoms with Crippen LogP contribution in [0.5, 0.6) is 11.5 Å². The summed E-state index contributed by atoms with van der Waals surface area (Å²) in [6.45, 7) is 7.60. The first-order valence-electron chi connectivity index (χ1n) is 8.86. The van der Waals surface area contributed by atoms with Gasteiger partial charge in [0.15, 0.2) is 11.5 Å².